The molecule has 0 heterocycles. The zero-order valence-corrected chi connectivity index (χ0v) is 10.7. The average Bonchev–Trinajstić information content (AvgIpc) is 2.25. The van der Waals surface area contributed by atoms with E-state index < -0.39 is 0 Å². The Labute approximate surface area is 107 Å². The molecule has 1 rings (SSSR count). The second kappa shape index (κ2) is 6.98. The summed E-state index contributed by atoms with van der Waals surface area (Å²) in [5.74, 6) is -0.371. The zero-order chi connectivity index (χ0) is 13.5. The van der Waals surface area contributed by atoms with E-state index in [1.807, 2.05) is 29.2 Å². The molecule has 0 radical (unpaired) electrons. The number of hydrogen-bond acceptors (Lipinski definition) is 4. The van der Waals surface area contributed by atoms with Crippen molar-refractivity contribution in [3.8, 4) is 0 Å². The van der Waals surface area contributed by atoms with E-state index in [2.05, 4.69) is 0 Å². The lowest BCUT2D eigenvalue weighted by Crippen LogP contribution is -2.35. The minimum Gasteiger partial charge on any atom is -0.399 e. The molecule has 1 aromatic rings. The van der Waals surface area contributed by atoms with Gasteiger partial charge in [0.25, 0.3) is 0 Å². The Bertz CT molecular complexity index is 394. The summed E-state index contributed by atoms with van der Waals surface area (Å²) in [5, 5.41) is 9.28. The number of hydrogen-bond donors (Lipinski definition) is 3. The second-order valence-corrected chi connectivity index (χ2v) is 4.56. The molecule has 5 heteroatoms. The smallest absolute Gasteiger partial charge is 0.231 e. The van der Waals surface area contributed by atoms with E-state index in [4.69, 9.17) is 11.5 Å². The monoisotopic (exact) mass is 251 g/mol. The fourth-order valence-electron chi connectivity index (χ4n) is 1.75. The van der Waals surface area contributed by atoms with Crippen LogP contribution in [-0.4, -0.2) is 35.1 Å². The van der Waals surface area contributed by atoms with Gasteiger partial charge in [-0.25, -0.2) is 0 Å². The highest BCUT2D eigenvalue weighted by molar-refractivity contribution is 5.75. The number of nitrogen functional groups attached to an aromatic ring is 1. The number of amides is 1. The maximum atomic E-state index is 11.0. The lowest BCUT2D eigenvalue weighted by Gasteiger charge is -2.21. The van der Waals surface area contributed by atoms with Crippen molar-refractivity contribution in [3.05, 3.63) is 29.8 Å². The van der Waals surface area contributed by atoms with Gasteiger partial charge in [0.05, 0.1) is 12.6 Å². The van der Waals surface area contributed by atoms with Crippen molar-refractivity contribution < 1.29 is 9.90 Å². The molecule has 5 nitrogen and oxygen atoms in total. The molecule has 0 saturated carbocycles. The van der Waals surface area contributed by atoms with Crippen molar-refractivity contribution in [1.29, 1.82) is 0 Å². The molecule has 18 heavy (non-hydrogen) atoms. The highest BCUT2D eigenvalue weighted by Gasteiger charge is 2.10. The first kappa shape index (κ1) is 14.5. The quantitative estimate of drug-likeness (QED) is 0.609. The van der Waals surface area contributed by atoms with E-state index in [0.29, 0.717) is 25.2 Å². The van der Waals surface area contributed by atoms with Gasteiger partial charge in [-0.05, 0) is 31.0 Å². The van der Waals surface area contributed by atoms with Gasteiger partial charge in [-0.1, -0.05) is 12.1 Å². The van der Waals surface area contributed by atoms with Gasteiger partial charge >= 0.3 is 0 Å². The molecule has 0 spiro atoms. The van der Waals surface area contributed by atoms with Crippen LogP contribution in [0.3, 0.4) is 0 Å². The summed E-state index contributed by atoms with van der Waals surface area (Å²) in [6, 6.07) is 7.52. The summed E-state index contributed by atoms with van der Waals surface area (Å²) in [4.78, 5) is 12.9. The minimum absolute atomic E-state index is 0.182. The summed E-state index contributed by atoms with van der Waals surface area (Å²) in [6.07, 6.45) is 0.219. The molecule has 0 aliphatic rings. The molecule has 0 aliphatic carbocycles. The van der Waals surface area contributed by atoms with Crippen molar-refractivity contribution in [2.75, 3.05) is 18.8 Å². The molecule has 1 unspecified atom stereocenters. The summed E-state index contributed by atoms with van der Waals surface area (Å²) in [6.45, 7) is 3.13. The Morgan fingerprint density at radius 3 is 2.78 bits per heavy atom. The van der Waals surface area contributed by atoms with Crippen LogP contribution < -0.4 is 11.5 Å². The van der Waals surface area contributed by atoms with Crippen molar-refractivity contribution in [3.63, 3.8) is 0 Å². The van der Waals surface area contributed by atoms with E-state index in [0.717, 1.165) is 5.56 Å². The predicted molar refractivity (Wildman–Crippen MR) is 71.6 cm³/mol. The van der Waals surface area contributed by atoms with Crippen LogP contribution in [0.25, 0.3) is 0 Å². The molecule has 100 valence electrons. The first-order valence-electron chi connectivity index (χ1n) is 6.00. The number of rotatable bonds is 7. The Hall–Kier alpha value is -1.59. The maximum Gasteiger partial charge on any atom is 0.231 e. The fraction of sp³-hybridized carbons (Fsp3) is 0.462. The first-order chi connectivity index (χ1) is 8.47. The molecule has 1 aromatic carbocycles. The topological polar surface area (TPSA) is 92.6 Å². The van der Waals surface area contributed by atoms with Crippen LogP contribution in [0.4, 0.5) is 5.69 Å². The molecule has 0 fully saturated rings. The molecular weight excluding hydrogens is 230 g/mol. The zero-order valence-electron chi connectivity index (χ0n) is 10.7. The number of nitrogens with two attached hydrogens (primary N) is 2. The van der Waals surface area contributed by atoms with Crippen LogP contribution >= 0.6 is 0 Å². The van der Waals surface area contributed by atoms with Gasteiger partial charge in [0.2, 0.25) is 5.91 Å². The van der Waals surface area contributed by atoms with Crippen molar-refractivity contribution in [2.24, 2.45) is 5.73 Å². The molecule has 1 amide bonds. The van der Waals surface area contributed by atoms with Crippen LogP contribution in [0.1, 0.15) is 18.9 Å². The van der Waals surface area contributed by atoms with Gasteiger partial charge < -0.3 is 16.6 Å². The van der Waals surface area contributed by atoms with Gasteiger partial charge in [0, 0.05) is 18.8 Å². The maximum absolute atomic E-state index is 11.0. The number of primary amides is 1. The second-order valence-electron chi connectivity index (χ2n) is 4.56. The van der Waals surface area contributed by atoms with Crippen LogP contribution in [0.5, 0.6) is 0 Å². The third kappa shape index (κ3) is 5.65. The normalized spacial score (nSPS) is 12.6. The largest absolute Gasteiger partial charge is 0.399 e. The lowest BCUT2D eigenvalue weighted by molar-refractivity contribution is -0.119. The SMILES string of the molecule is CC(O)CCN(CC(N)=O)Cc1cccc(N)c1. The number of benzene rings is 1. The van der Waals surface area contributed by atoms with E-state index in [9.17, 15) is 9.90 Å². The summed E-state index contributed by atoms with van der Waals surface area (Å²) < 4.78 is 0. The molecule has 0 bridgehead atoms. The van der Waals surface area contributed by atoms with E-state index >= 15 is 0 Å². The third-order valence-corrected chi connectivity index (χ3v) is 2.60. The Morgan fingerprint density at radius 2 is 2.22 bits per heavy atom. The number of aliphatic hydroxyl groups excluding tert-OH is 1. The third-order valence-electron chi connectivity index (χ3n) is 2.60. The molecule has 0 aliphatic heterocycles. The summed E-state index contributed by atoms with van der Waals surface area (Å²) >= 11 is 0. The van der Waals surface area contributed by atoms with Crippen LogP contribution in [-0.2, 0) is 11.3 Å². The van der Waals surface area contributed by atoms with E-state index in [1.165, 1.54) is 0 Å². The van der Waals surface area contributed by atoms with Crippen molar-refractivity contribution in [1.82, 2.24) is 4.90 Å². The van der Waals surface area contributed by atoms with Crippen molar-refractivity contribution >= 4 is 11.6 Å². The molecule has 5 N–H and O–H groups in total. The van der Waals surface area contributed by atoms with Crippen molar-refractivity contribution in [2.45, 2.75) is 26.0 Å². The lowest BCUT2D eigenvalue weighted by atomic mass is 10.1. The van der Waals surface area contributed by atoms with Gasteiger partial charge in [0.15, 0.2) is 0 Å². The van der Waals surface area contributed by atoms with Crippen LogP contribution in [0.2, 0.25) is 0 Å². The number of aliphatic hydroxyl groups is 1. The average molecular weight is 251 g/mol. The predicted octanol–water partition coefficient (Wildman–Crippen LogP) is 0.327. The van der Waals surface area contributed by atoms with Gasteiger partial charge in [-0.15, -0.1) is 0 Å². The minimum atomic E-state index is -0.388. The van der Waals surface area contributed by atoms with Gasteiger partial charge in [-0.2, -0.15) is 0 Å². The van der Waals surface area contributed by atoms with Crippen LogP contribution in [0, 0.1) is 0 Å². The van der Waals surface area contributed by atoms with Crippen LogP contribution in [0.15, 0.2) is 24.3 Å². The Balaban J connectivity index is 2.62. The van der Waals surface area contributed by atoms with E-state index in [1.54, 1.807) is 6.92 Å². The number of anilines is 1. The first-order valence-corrected chi connectivity index (χ1v) is 6.00. The number of carbonyl (C=O) groups excluding carboxylic acids is 1. The standard InChI is InChI=1S/C13H21N3O2/c1-10(17)5-6-16(9-13(15)18)8-11-3-2-4-12(14)7-11/h2-4,7,10,17H,5-6,8-9,14H2,1H3,(H2,15,18). The fourth-order valence-corrected chi connectivity index (χ4v) is 1.75. The number of carbonyl (C=O) groups is 1. The molecular formula is C13H21N3O2. The highest BCUT2D eigenvalue weighted by atomic mass is 16.3. The molecule has 0 aromatic heterocycles. The Morgan fingerprint density at radius 1 is 1.50 bits per heavy atom. The molecule has 1 atom stereocenters. The highest BCUT2D eigenvalue weighted by Crippen LogP contribution is 2.10. The van der Waals surface area contributed by atoms with E-state index in [-0.39, 0.29) is 18.6 Å². The summed E-state index contributed by atoms with van der Waals surface area (Å²) in [7, 11) is 0. The summed E-state index contributed by atoms with van der Waals surface area (Å²) in [5.41, 5.74) is 12.6. The number of nitrogens with zero attached hydrogens (tertiary/aromatic N) is 1. The van der Waals surface area contributed by atoms with Gasteiger partial charge in [-0.3, -0.25) is 9.69 Å². The molecule has 0 saturated heterocycles. The Kier molecular flexibility index (Phi) is 5.61. The van der Waals surface area contributed by atoms with Gasteiger partial charge in [0.1, 0.15) is 0 Å².